The normalized spacial score (nSPS) is 15.4. The molecule has 0 bridgehead atoms. The van der Waals surface area contributed by atoms with E-state index in [2.05, 4.69) is 26.5 Å². The molecule has 1 aromatic carbocycles. The van der Waals surface area contributed by atoms with Crippen molar-refractivity contribution < 1.29 is 9.59 Å². The number of benzene rings is 1. The first-order chi connectivity index (χ1) is 13.4. The summed E-state index contributed by atoms with van der Waals surface area (Å²) in [6, 6.07) is 9.24. The molecular weight excluding hydrogens is 396 g/mol. The molecule has 2 heterocycles. The highest BCUT2D eigenvalue weighted by atomic mass is 35.5. The summed E-state index contributed by atoms with van der Waals surface area (Å²) in [6.45, 7) is 8.39. The molecule has 1 aliphatic heterocycles. The molecule has 2 aromatic rings. The van der Waals surface area contributed by atoms with Crippen molar-refractivity contribution in [2.24, 2.45) is 0 Å². The van der Waals surface area contributed by atoms with Crippen LogP contribution in [0.1, 0.15) is 16.0 Å². The SMILES string of the molecule is Cc1ccc(NC(=O)NC(=O)CN2CCN(Cc3ccc(Cl)s3)CC2)c(C)c1. The van der Waals surface area contributed by atoms with E-state index in [9.17, 15) is 9.59 Å². The van der Waals surface area contributed by atoms with E-state index < -0.39 is 6.03 Å². The summed E-state index contributed by atoms with van der Waals surface area (Å²) in [5.74, 6) is -0.291. The van der Waals surface area contributed by atoms with Crippen LogP contribution in [0.15, 0.2) is 30.3 Å². The quantitative estimate of drug-likeness (QED) is 0.777. The van der Waals surface area contributed by atoms with Crippen LogP contribution in [0, 0.1) is 13.8 Å². The van der Waals surface area contributed by atoms with Crippen molar-refractivity contribution in [3.05, 3.63) is 50.7 Å². The van der Waals surface area contributed by atoms with Crippen molar-refractivity contribution in [3.8, 4) is 0 Å². The fourth-order valence-electron chi connectivity index (χ4n) is 3.24. The number of piperazine rings is 1. The van der Waals surface area contributed by atoms with Crippen molar-refractivity contribution in [1.29, 1.82) is 0 Å². The number of carbonyl (C=O) groups excluding carboxylic acids is 2. The molecule has 28 heavy (non-hydrogen) atoms. The second-order valence-corrected chi connectivity index (χ2v) is 8.88. The number of amides is 3. The highest BCUT2D eigenvalue weighted by Gasteiger charge is 2.20. The Morgan fingerprint density at radius 1 is 1.07 bits per heavy atom. The number of thiophene rings is 1. The van der Waals surface area contributed by atoms with Gasteiger partial charge in [0.2, 0.25) is 5.91 Å². The second kappa shape index (κ2) is 9.52. The van der Waals surface area contributed by atoms with Gasteiger partial charge in [-0.15, -0.1) is 11.3 Å². The third-order valence-corrected chi connectivity index (χ3v) is 5.94. The lowest BCUT2D eigenvalue weighted by molar-refractivity contribution is -0.121. The Labute approximate surface area is 174 Å². The van der Waals surface area contributed by atoms with E-state index in [0.717, 1.165) is 48.2 Å². The Morgan fingerprint density at radius 2 is 1.79 bits per heavy atom. The molecule has 0 atom stereocenters. The third-order valence-electron chi connectivity index (χ3n) is 4.72. The fraction of sp³-hybridized carbons (Fsp3) is 0.400. The van der Waals surface area contributed by atoms with Gasteiger partial charge in [0.15, 0.2) is 0 Å². The molecule has 150 valence electrons. The lowest BCUT2D eigenvalue weighted by atomic mass is 10.1. The number of hydrogen-bond acceptors (Lipinski definition) is 5. The van der Waals surface area contributed by atoms with E-state index in [1.165, 1.54) is 4.88 Å². The Bertz CT molecular complexity index is 846. The lowest BCUT2D eigenvalue weighted by Crippen LogP contribution is -2.50. The van der Waals surface area contributed by atoms with Gasteiger partial charge in [0.05, 0.1) is 10.9 Å². The van der Waals surface area contributed by atoms with Crippen molar-refractivity contribution >= 4 is 40.6 Å². The van der Waals surface area contributed by atoms with Gasteiger partial charge in [0.1, 0.15) is 0 Å². The van der Waals surface area contributed by atoms with E-state index in [1.807, 2.05) is 38.1 Å². The summed E-state index contributed by atoms with van der Waals surface area (Å²) in [6.07, 6.45) is 0. The summed E-state index contributed by atoms with van der Waals surface area (Å²) in [4.78, 5) is 29.9. The first kappa shape index (κ1) is 20.8. The van der Waals surface area contributed by atoms with Crippen LogP contribution in [-0.4, -0.2) is 54.5 Å². The summed E-state index contributed by atoms with van der Waals surface area (Å²) >= 11 is 7.58. The molecule has 0 radical (unpaired) electrons. The second-order valence-electron chi connectivity index (χ2n) is 7.08. The molecule has 8 heteroatoms. The molecule has 1 fully saturated rings. The summed E-state index contributed by atoms with van der Waals surface area (Å²) in [5.41, 5.74) is 2.80. The van der Waals surface area contributed by atoms with Crippen LogP contribution in [0.25, 0.3) is 0 Å². The predicted octanol–water partition coefficient (Wildman–Crippen LogP) is 3.48. The van der Waals surface area contributed by atoms with Crippen LogP contribution in [0.3, 0.4) is 0 Å². The average molecular weight is 421 g/mol. The van der Waals surface area contributed by atoms with Gasteiger partial charge in [0.25, 0.3) is 0 Å². The first-order valence-electron chi connectivity index (χ1n) is 9.26. The highest BCUT2D eigenvalue weighted by molar-refractivity contribution is 7.16. The van der Waals surface area contributed by atoms with Crippen LogP contribution in [-0.2, 0) is 11.3 Å². The number of carbonyl (C=O) groups is 2. The zero-order valence-corrected chi connectivity index (χ0v) is 17.7. The zero-order valence-electron chi connectivity index (χ0n) is 16.1. The lowest BCUT2D eigenvalue weighted by Gasteiger charge is -2.33. The Balaban J connectivity index is 1.39. The molecule has 1 aromatic heterocycles. The molecule has 1 saturated heterocycles. The monoisotopic (exact) mass is 420 g/mol. The standard InChI is InChI=1S/C20H25ClN4O2S/c1-14-3-5-17(15(2)11-14)22-20(27)23-19(26)13-25-9-7-24(8-10-25)12-16-4-6-18(21)28-16/h3-6,11H,7-10,12-13H2,1-2H3,(H2,22,23,26,27). The Kier molecular flexibility index (Phi) is 7.07. The maximum atomic E-state index is 12.2. The van der Waals surface area contributed by atoms with Crippen LogP contribution < -0.4 is 10.6 Å². The first-order valence-corrected chi connectivity index (χ1v) is 10.5. The molecule has 0 saturated carbocycles. The van der Waals surface area contributed by atoms with Gasteiger partial charge in [-0.2, -0.15) is 0 Å². The van der Waals surface area contributed by atoms with Crippen molar-refractivity contribution in [2.75, 3.05) is 38.0 Å². The smallest absolute Gasteiger partial charge is 0.307 e. The molecule has 0 spiro atoms. The maximum absolute atomic E-state index is 12.2. The number of aryl methyl sites for hydroxylation is 2. The summed E-state index contributed by atoms with van der Waals surface area (Å²) in [7, 11) is 0. The predicted molar refractivity (Wildman–Crippen MR) is 114 cm³/mol. The van der Waals surface area contributed by atoms with Gasteiger partial charge in [-0.05, 0) is 37.6 Å². The molecule has 0 unspecified atom stereocenters. The molecule has 0 aliphatic carbocycles. The largest absolute Gasteiger partial charge is 0.325 e. The van der Waals surface area contributed by atoms with Crippen molar-refractivity contribution in [2.45, 2.75) is 20.4 Å². The molecule has 3 amide bonds. The number of rotatable bonds is 5. The summed E-state index contributed by atoms with van der Waals surface area (Å²) < 4.78 is 0.810. The number of nitrogens with zero attached hydrogens (tertiary/aromatic N) is 2. The molecule has 6 nitrogen and oxygen atoms in total. The van der Waals surface area contributed by atoms with E-state index in [0.29, 0.717) is 5.69 Å². The minimum atomic E-state index is -0.495. The molecule has 3 rings (SSSR count). The number of imide groups is 1. The minimum absolute atomic E-state index is 0.221. The van der Waals surface area contributed by atoms with Gasteiger partial charge in [0, 0.05) is 43.3 Å². The average Bonchev–Trinajstić information content (AvgIpc) is 3.04. The molecule has 1 aliphatic rings. The number of halogens is 1. The van der Waals surface area contributed by atoms with Gasteiger partial charge < -0.3 is 5.32 Å². The van der Waals surface area contributed by atoms with E-state index in [1.54, 1.807) is 11.3 Å². The Hall–Kier alpha value is -1.93. The fourth-order valence-corrected chi connectivity index (χ4v) is 4.37. The number of urea groups is 1. The van der Waals surface area contributed by atoms with Gasteiger partial charge in [-0.1, -0.05) is 29.3 Å². The Morgan fingerprint density at radius 3 is 2.43 bits per heavy atom. The van der Waals surface area contributed by atoms with Crippen LogP contribution in [0.2, 0.25) is 4.34 Å². The summed E-state index contributed by atoms with van der Waals surface area (Å²) in [5, 5.41) is 5.15. The molecular formula is C20H25ClN4O2S. The number of hydrogen-bond donors (Lipinski definition) is 2. The van der Waals surface area contributed by atoms with Crippen LogP contribution in [0.4, 0.5) is 10.5 Å². The number of nitrogens with one attached hydrogen (secondary N) is 2. The van der Waals surface area contributed by atoms with Crippen molar-refractivity contribution in [1.82, 2.24) is 15.1 Å². The van der Waals surface area contributed by atoms with Gasteiger partial charge >= 0.3 is 6.03 Å². The topological polar surface area (TPSA) is 64.7 Å². The van der Waals surface area contributed by atoms with Gasteiger partial charge in [-0.3, -0.25) is 19.9 Å². The van der Waals surface area contributed by atoms with E-state index in [-0.39, 0.29) is 12.5 Å². The van der Waals surface area contributed by atoms with Gasteiger partial charge in [-0.25, -0.2) is 4.79 Å². The van der Waals surface area contributed by atoms with E-state index >= 15 is 0 Å². The number of anilines is 1. The molecule has 2 N–H and O–H groups in total. The van der Waals surface area contributed by atoms with Crippen molar-refractivity contribution in [3.63, 3.8) is 0 Å². The zero-order chi connectivity index (χ0) is 20.1. The third kappa shape index (κ3) is 6.04. The van der Waals surface area contributed by atoms with Crippen LogP contribution in [0.5, 0.6) is 0 Å². The maximum Gasteiger partial charge on any atom is 0.325 e. The van der Waals surface area contributed by atoms with E-state index in [4.69, 9.17) is 11.6 Å². The van der Waals surface area contributed by atoms with Crippen LogP contribution >= 0.6 is 22.9 Å². The minimum Gasteiger partial charge on any atom is -0.307 e. The highest BCUT2D eigenvalue weighted by Crippen LogP contribution is 2.23.